The van der Waals surface area contributed by atoms with Gasteiger partial charge in [-0.3, -0.25) is 9.09 Å². The molecule has 1 N–H and O–H groups in total. The predicted molar refractivity (Wildman–Crippen MR) is 116 cm³/mol. The minimum absolute atomic E-state index is 0.0420. The number of aliphatic hydroxyl groups is 1. The second kappa shape index (κ2) is 8.92. The molecule has 0 radical (unpaired) electrons. The molecule has 1 aromatic carbocycles. The Morgan fingerprint density at radius 1 is 1.34 bits per heavy atom. The molecular weight excluding hydrogens is 464 g/mol. The number of rotatable bonds is 7. The Morgan fingerprint density at radius 3 is 2.75 bits per heavy atom. The molecule has 0 amide bonds. The van der Waals surface area contributed by atoms with Crippen molar-refractivity contribution < 1.29 is 27.8 Å². The Hall–Kier alpha value is -2.30. The Bertz CT molecular complexity index is 1140. The summed E-state index contributed by atoms with van der Waals surface area (Å²) in [6, 6.07) is 8.49. The SMILES string of the molecule is CN(C)c1nc(Cl)nc2c1ncn2[C@@H]1O[C@](C)(CO[PH](=O)Oc2ccccc2)[C@@H](O)[C@H]1F. The highest BCUT2D eigenvalue weighted by Crippen LogP contribution is 2.42. The molecule has 1 saturated heterocycles. The molecule has 3 aromatic rings. The number of halogens is 2. The number of hydrogen-bond donors (Lipinski definition) is 1. The van der Waals surface area contributed by atoms with Crippen molar-refractivity contribution in [2.45, 2.75) is 31.0 Å². The van der Waals surface area contributed by atoms with Crippen molar-refractivity contribution >= 4 is 36.8 Å². The van der Waals surface area contributed by atoms with E-state index < -0.39 is 32.4 Å². The summed E-state index contributed by atoms with van der Waals surface area (Å²) in [4.78, 5) is 14.3. The van der Waals surface area contributed by atoms with Crippen molar-refractivity contribution in [2.24, 2.45) is 0 Å². The summed E-state index contributed by atoms with van der Waals surface area (Å²) < 4.78 is 45.0. The molecule has 1 aliphatic rings. The van der Waals surface area contributed by atoms with Crippen LogP contribution in [0.2, 0.25) is 5.28 Å². The van der Waals surface area contributed by atoms with E-state index >= 15 is 4.39 Å². The van der Waals surface area contributed by atoms with E-state index in [9.17, 15) is 9.67 Å². The molecule has 4 rings (SSSR count). The highest BCUT2D eigenvalue weighted by atomic mass is 35.5. The summed E-state index contributed by atoms with van der Waals surface area (Å²) in [5.74, 6) is 0.823. The third-order valence-electron chi connectivity index (χ3n) is 5.08. The third-order valence-corrected chi connectivity index (χ3v) is 6.04. The van der Waals surface area contributed by atoms with Gasteiger partial charge in [-0.25, -0.2) is 13.9 Å². The van der Waals surface area contributed by atoms with Gasteiger partial charge in [-0.15, -0.1) is 0 Å². The number of fused-ring (bicyclic) bond motifs is 1. The lowest BCUT2D eigenvalue weighted by atomic mass is 9.99. The number of anilines is 1. The van der Waals surface area contributed by atoms with E-state index in [1.807, 2.05) is 0 Å². The van der Waals surface area contributed by atoms with Crippen LogP contribution in [-0.4, -0.2) is 63.2 Å². The molecule has 0 spiro atoms. The first-order valence-electron chi connectivity index (χ1n) is 9.66. The summed E-state index contributed by atoms with van der Waals surface area (Å²) >= 11 is 6.04. The molecule has 0 aliphatic carbocycles. The Kier molecular flexibility index (Phi) is 6.37. The van der Waals surface area contributed by atoms with E-state index in [-0.39, 0.29) is 17.5 Å². The van der Waals surface area contributed by atoms with Gasteiger partial charge in [-0.1, -0.05) is 18.2 Å². The lowest BCUT2D eigenvalue weighted by Gasteiger charge is -2.26. The van der Waals surface area contributed by atoms with Gasteiger partial charge in [0.2, 0.25) is 5.28 Å². The number of para-hydroxylation sites is 1. The normalized spacial score (nSPS) is 26.4. The van der Waals surface area contributed by atoms with Gasteiger partial charge in [0, 0.05) is 14.1 Å². The zero-order valence-electron chi connectivity index (χ0n) is 17.5. The van der Waals surface area contributed by atoms with Crippen molar-refractivity contribution in [3.05, 3.63) is 41.9 Å². The van der Waals surface area contributed by atoms with Crippen LogP contribution >= 0.6 is 19.9 Å². The fourth-order valence-corrected chi connectivity index (χ4v) is 4.38. The number of aromatic nitrogens is 4. The van der Waals surface area contributed by atoms with Crippen LogP contribution in [0.4, 0.5) is 10.2 Å². The number of ether oxygens (including phenoxy) is 1. The summed E-state index contributed by atoms with van der Waals surface area (Å²) in [5.41, 5.74) is -0.849. The van der Waals surface area contributed by atoms with Gasteiger partial charge in [0.25, 0.3) is 0 Å². The van der Waals surface area contributed by atoms with Crippen molar-refractivity contribution in [3.63, 3.8) is 0 Å². The molecule has 172 valence electrons. The van der Waals surface area contributed by atoms with Crippen LogP contribution < -0.4 is 9.42 Å². The third kappa shape index (κ3) is 4.31. The van der Waals surface area contributed by atoms with Crippen LogP contribution in [0.3, 0.4) is 0 Å². The first kappa shape index (κ1) is 22.9. The zero-order valence-corrected chi connectivity index (χ0v) is 19.2. The molecule has 3 heterocycles. The van der Waals surface area contributed by atoms with Crippen LogP contribution in [0.1, 0.15) is 13.2 Å². The molecule has 1 aliphatic heterocycles. The second-order valence-electron chi connectivity index (χ2n) is 7.70. The van der Waals surface area contributed by atoms with Crippen LogP contribution in [0.25, 0.3) is 11.2 Å². The van der Waals surface area contributed by atoms with Crippen molar-refractivity contribution in [1.82, 2.24) is 19.5 Å². The van der Waals surface area contributed by atoms with E-state index in [1.54, 1.807) is 49.3 Å². The van der Waals surface area contributed by atoms with Gasteiger partial charge in [0.1, 0.15) is 17.5 Å². The lowest BCUT2D eigenvalue weighted by Crippen LogP contribution is -2.42. The van der Waals surface area contributed by atoms with Crippen LogP contribution in [0.5, 0.6) is 5.75 Å². The Labute approximate surface area is 188 Å². The molecule has 1 fully saturated rings. The summed E-state index contributed by atoms with van der Waals surface area (Å²) in [6.07, 6.45) is -3.32. The van der Waals surface area contributed by atoms with Crippen molar-refractivity contribution in [1.29, 1.82) is 0 Å². The fourth-order valence-electron chi connectivity index (χ4n) is 3.42. The average Bonchev–Trinajstić information content (AvgIpc) is 3.27. The van der Waals surface area contributed by atoms with Crippen molar-refractivity contribution in [3.8, 4) is 5.75 Å². The van der Waals surface area contributed by atoms with Gasteiger partial charge in [-0.2, -0.15) is 9.97 Å². The number of alkyl halides is 1. The lowest BCUT2D eigenvalue weighted by molar-refractivity contribution is -0.110. The number of imidazole rings is 1. The molecule has 32 heavy (non-hydrogen) atoms. The number of hydrogen-bond acceptors (Lipinski definition) is 9. The van der Waals surface area contributed by atoms with Crippen LogP contribution in [0.15, 0.2) is 36.7 Å². The van der Waals surface area contributed by atoms with E-state index in [4.69, 9.17) is 25.4 Å². The molecule has 10 nitrogen and oxygen atoms in total. The maximum Gasteiger partial charge on any atom is 0.367 e. The maximum absolute atomic E-state index is 15.1. The minimum atomic E-state index is -2.96. The van der Waals surface area contributed by atoms with E-state index in [1.165, 1.54) is 17.8 Å². The monoisotopic (exact) mass is 485 g/mol. The van der Waals surface area contributed by atoms with E-state index in [2.05, 4.69) is 15.0 Å². The molecule has 2 aromatic heterocycles. The highest BCUT2D eigenvalue weighted by molar-refractivity contribution is 7.33. The molecule has 13 heteroatoms. The smallest absolute Gasteiger partial charge is 0.367 e. The zero-order chi connectivity index (χ0) is 23.0. The largest absolute Gasteiger partial charge is 0.426 e. The van der Waals surface area contributed by atoms with E-state index in [0.717, 1.165) is 0 Å². The first-order chi connectivity index (χ1) is 15.2. The molecule has 0 bridgehead atoms. The summed E-state index contributed by atoms with van der Waals surface area (Å²) in [7, 11) is 0.567. The van der Waals surface area contributed by atoms with Crippen molar-refractivity contribution in [2.75, 3.05) is 25.6 Å². The topological polar surface area (TPSA) is 112 Å². The number of benzene rings is 1. The summed E-state index contributed by atoms with van der Waals surface area (Å²) in [6.45, 7) is 1.11. The van der Waals surface area contributed by atoms with Gasteiger partial charge in [0.15, 0.2) is 29.4 Å². The van der Waals surface area contributed by atoms with Crippen LogP contribution in [-0.2, 0) is 13.8 Å². The number of aliphatic hydroxyl groups excluding tert-OH is 1. The Morgan fingerprint density at radius 2 is 2.06 bits per heavy atom. The second-order valence-corrected chi connectivity index (χ2v) is 9.03. The van der Waals surface area contributed by atoms with Gasteiger partial charge < -0.3 is 19.3 Å². The molecule has 1 unspecified atom stereocenters. The molecule has 0 saturated carbocycles. The first-order valence-corrected chi connectivity index (χ1v) is 11.3. The molecular formula is C19H22ClFN5O5P. The standard InChI is InChI=1S/C19H22ClFN5O5P/c1-19(9-29-32(28)31-11-7-5-4-6-8-11)14(27)12(21)17(30-19)26-10-22-13-15(25(2)3)23-18(20)24-16(13)26/h4-8,10,12,14,17,27,32H,9H2,1-3H3/t12-,14+,17-,19-/m1/s1. The quantitative estimate of drug-likeness (QED) is 0.398. The van der Waals surface area contributed by atoms with Gasteiger partial charge >= 0.3 is 8.25 Å². The maximum atomic E-state index is 15.1. The average molecular weight is 486 g/mol. The molecule has 5 atom stereocenters. The van der Waals surface area contributed by atoms with Gasteiger partial charge in [0.05, 0.1) is 12.9 Å². The fraction of sp³-hybridized carbons (Fsp3) is 0.421. The predicted octanol–water partition coefficient (Wildman–Crippen LogP) is 3.02. The number of nitrogens with zero attached hydrogens (tertiary/aromatic N) is 5. The highest BCUT2D eigenvalue weighted by Gasteiger charge is 2.54. The van der Waals surface area contributed by atoms with E-state index in [0.29, 0.717) is 17.1 Å². The van der Waals surface area contributed by atoms with Crippen LogP contribution in [0, 0.1) is 0 Å². The Balaban J connectivity index is 1.53. The van der Waals surface area contributed by atoms with Gasteiger partial charge in [-0.05, 0) is 30.7 Å². The minimum Gasteiger partial charge on any atom is -0.426 e. The summed E-state index contributed by atoms with van der Waals surface area (Å²) in [5, 5.41) is 10.5.